The second-order valence-corrected chi connectivity index (χ2v) is 6.51. The van der Waals surface area contributed by atoms with Crippen LogP contribution in [0.3, 0.4) is 0 Å². The van der Waals surface area contributed by atoms with Gasteiger partial charge in [0.2, 0.25) is 5.82 Å². The summed E-state index contributed by atoms with van der Waals surface area (Å²) in [6.07, 6.45) is 0. The van der Waals surface area contributed by atoms with Crippen LogP contribution in [0.25, 0.3) is 0 Å². The zero-order valence-electron chi connectivity index (χ0n) is 14.8. The van der Waals surface area contributed by atoms with Gasteiger partial charge in [-0.2, -0.15) is 0 Å². The summed E-state index contributed by atoms with van der Waals surface area (Å²) in [6, 6.07) is 8.04. The van der Waals surface area contributed by atoms with Gasteiger partial charge < -0.3 is 10.2 Å². The number of phenols is 2. The van der Waals surface area contributed by atoms with Crippen molar-refractivity contribution in [2.45, 2.75) is 19.8 Å². The fourth-order valence-electron chi connectivity index (χ4n) is 3.12. The van der Waals surface area contributed by atoms with Crippen LogP contribution in [0.5, 0.6) is 11.5 Å². The highest BCUT2D eigenvalue weighted by molar-refractivity contribution is 5.50. The van der Waals surface area contributed by atoms with Crippen molar-refractivity contribution in [1.82, 2.24) is 0 Å². The fraction of sp³-hybridized carbons (Fsp3) is 0.143. The van der Waals surface area contributed by atoms with Crippen molar-refractivity contribution in [3.8, 4) is 11.5 Å². The van der Waals surface area contributed by atoms with Crippen molar-refractivity contribution in [3.05, 3.63) is 93.3 Å². The Balaban J connectivity index is 2.38. The Hall–Kier alpha value is -3.09. The third-order valence-electron chi connectivity index (χ3n) is 4.64. The van der Waals surface area contributed by atoms with Gasteiger partial charge in [-0.3, -0.25) is 0 Å². The number of rotatable bonds is 3. The minimum Gasteiger partial charge on any atom is -0.508 e. The lowest BCUT2D eigenvalue weighted by molar-refractivity contribution is 0.369. The van der Waals surface area contributed by atoms with Crippen LogP contribution < -0.4 is 0 Å². The lowest BCUT2D eigenvalue weighted by Gasteiger charge is -2.22. The number of phenolic OH excluding ortho intramolecular Hbond substituents is 2. The van der Waals surface area contributed by atoms with E-state index in [1.165, 1.54) is 50.2 Å². The number of aromatic hydroxyl groups is 2. The highest BCUT2D eigenvalue weighted by atomic mass is 19.2. The summed E-state index contributed by atoms with van der Waals surface area (Å²) in [5, 5.41) is 19.5. The van der Waals surface area contributed by atoms with E-state index in [1.807, 2.05) is 0 Å². The molecule has 3 rings (SSSR count). The molecule has 0 fully saturated rings. The van der Waals surface area contributed by atoms with Crippen LogP contribution in [0.4, 0.5) is 22.0 Å². The predicted molar refractivity (Wildman–Crippen MR) is 92.9 cm³/mol. The first-order valence-electron chi connectivity index (χ1n) is 8.23. The molecule has 0 heterocycles. The molecule has 28 heavy (non-hydrogen) atoms. The molecule has 7 heteroatoms. The van der Waals surface area contributed by atoms with E-state index < -0.39 is 40.6 Å². The van der Waals surface area contributed by atoms with Gasteiger partial charge in [-0.25, -0.2) is 22.0 Å². The molecule has 0 saturated carbocycles. The summed E-state index contributed by atoms with van der Waals surface area (Å²) in [5.74, 6) is -11.7. The predicted octanol–water partition coefficient (Wildman–Crippen LogP) is 5.59. The minimum atomic E-state index is -2.23. The Morgan fingerprint density at radius 1 is 0.607 bits per heavy atom. The first kappa shape index (κ1) is 19.7. The van der Waals surface area contributed by atoms with Gasteiger partial charge in [0.1, 0.15) is 11.5 Å². The van der Waals surface area contributed by atoms with E-state index in [0.717, 1.165) is 0 Å². The molecule has 0 aliphatic carbocycles. The summed E-state index contributed by atoms with van der Waals surface area (Å²) in [4.78, 5) is 0. The number of hydrogen-bond donors (Lipinski definition) is 2. The van der Waals surface area contributed by atoms with E-state index in [1.54, 1.807) is 0 Å². The molecule has 0 spiro atoms. The van der Waals surface area contributed by atoms with Crippen LogP contribution in [0, 0.1) is 42.9 Å². The molecule has 0 radical (unpaired) electrons. The maximum Gasteiger partial charge on any atom is 0.200 e. The summed E-state index contributed by atoms with van der Waals surface area (Å²) in [7, 11) is 0. The van der Waals surface area contributed by atoms with Gasteiger partial charge in [-0.1, -0.05) is 24.3 Å². The maximum atomic E-state index is 14.6. The summed E-state index contributed by atoms with van der Waals surface area (Å²) >= 11 is 0. The average molecular weight is 394 g/mol. The lowest BCUT2D eigenvalue weighted by atomic mass is 9.83. The molecule has 0 aliphatic heterocycles. The Bertz CT molecular complexity index is 998. The summed E-state index contributed by atoms with van der Waals surface area (Å²) in [5.41, 5.74) is 0.141. The van der Waals surface area contributed by atoms with Crippen LogP contribution in [0.1, 0.15) is 33.7 Å². The Morgan fingerprint density at radius 2 is 0.964 bits per heavy atom. The first-order valence-corrected chi connectivity index (χ1v) is 8.23. The highest BCUT2D eigenvalue weighted by Gasteiger charge is 2.32. The molecule has 0 bridgehead atoms. The van der Waals surface area contributed by atoms with Gasteiger partial charge in [-0.05, 0) is 48.2 Å². The monoisotopic (exact) mass is 394 g/mol. The third-order valence-corrected chi connectivity index (χ3v) is 4.64. The van der Waals surface area contributed by atoms with Crippen molar-refractivity contribution in [1.29, 1.82) is 0 Å². The second-order valence-electron chi connectivity index (χ2n) is 6.51. The fourth-order valence-corrected chi connectivity index (χ4v) is 3.12. The molecule has 0 amide bonds. The minimum absolute atomic E-state index is 0.0817. The second kappa shape index (κ2) is 7.14. The average Bonchev–Trinajstić information content (AvgIpc) is 2.67. The molecule has 0 aromatic heterocycles. The van der Waals surface area contributed by atoms with E-state index in [0.29, 0.717) is 11.1 Å². The van der Waals surface area contributed by atoms with E-state index in [4.69, 9.17) is 0 Å². The van der Waals surface area contributed by atoms with Crippen LogP contribution in [0.2, 0.25) is 0 Å². The van der Waals surface area contributed by atoms with Crippen molar-refractivity contribution < 1.29 is 32.2 Å². The summed E-state index contributed by atoms with van der Waals surface area (Å²) < 4.78 is 70.3. The number of halogens is 5. The quantitative estimate of drug-likeness (QED) is 0.263. The normalized spacial score (nSPS) is 11.3. The van der Waals surface area contributed by atoms with Crippen LogP contribution in [-0.4, -0.2) is 10.2 Å². The standard InChI is InChI=1S/C21H15F5O2/c1-9-7-11(3-5-13(9)27)15(12-4-6-14(28)10(2)8-12)16-17(22)19(24)21(26)20(25)18(16)23/h3-8,15,27-28H,1-2H3. The van der Waals surface area contributed by atoms with Gasteiger partial charge in [-0.15, -0.1) is 0 Å². The SMILES string of the molecule is Cc1cc(C(c2ccc(O)c(C)c2)c2c(F)c(F)c(F)c(F)c2F)ccc1O. The zero-order valence-corrected chi connectivity index (χ0v) is 14.8. The molecule has 0 aliphatic rings. The van der Waals surface area contributed by atoms with E-state index >= 15 is 0 Å². The van der Waals surface area contributed by atoms with Crippen LogP contribution >= 0.6 is 0 Å². The molecule has 146 valence electrons. The third kappa shape index (κ3) is 3.17. The zero-order chi connectivity index (χ0) is 20.7. The largest absolute Gasteiger partial charge is 0.508 e. The molecule has 3 aromatic carbocycles. The van der Waals surface area contributed by atoms with Crippen molar-refractivity contribution in [3.63, 3.8) is 0 Å². The number of benzene rings is 3. The number of aryl methyl sites for hydroxylation is 2. The van der Waals surface area contributed by atoms with Gasteiger partial charge in [0.25, 0.3) is 0 Å². The smallest absolute Gasteiger partial charge is 0.200 e. The molecule has 0 unspecified atom stereocenters. The lowest BCUT2D eigenvalue weighted by Crippen LogP contribution is -2.14. The Kier molecular flexibility index (Phi) is 5.02. The first-order chi connectivity index (χ1) is 13.1. The van der Waals surface area contributed by atoms with Crippen LogP contribution in [-0.2, 0) is 0 Å². The van der Waals surface area contributed by atoms with Gasteiger partial charge >= 0.3 is 0 Å². The van der Waals surface area contributed by atoms with Crippen LogP contribution in [0.15, 0.2) is 36.4 Å². The topological polar surface area (TPSA) is 40.5 Å². The van der Waals surface area contributed by atoms with Crippen molar-refractivity contribution in [2.24, 2.45) is 0 Å². The van der Waals surface area contributed by atoms with E-state index in [9.17, 15) is 32.2 Å². The van der Waals surface area contributed by atoms with E-state index in [2.05, 4.69) is 0 Å². The molecular formula is C21H15F5O2. The molecule has 2 N–H and O–H groups in total. The van der Waals surface area contributed by atoms with Gasteiger partial charge in [0.05, 0.1) is 0 Å². The molecule has 2 nitrogen and oxygen atoms in total. The maximum absolute atomic E-state index is 14.6. The summed E-state index contributed by atoms with van der Waals surface area (Å²) in [6.45, 7) is 3.08. The molecular weight excluding hydrogens is 379 g/mol. The van der Waals surface area contributed by atoms with Gasteiger partial charge in [0.15, 0.2) is 23.3 Å². The highest BCUT2D eigenvalue weighted by Crippen LogP contribution is 2.39. The molecule has 0 atom stereocenters. The molecule has 0 saturated heterocycles. The van der Waals surface area contributed by atoms with E-state index in [-0.39, 0.29) is 22.6 Å². The molecule has 3 aromatic rings. The Morgan fingerprint density at radius 3 is 1.32 bits per heavy atom. The Labute approximate surface area is 157 Å². The van der Waals surface area contributed by atoms with Crippen molar-refractivity contribution in [2.75, 3.05) is 0 Å². The number of hydrogen-bond acceptors (Lipinski definition) is 2. The van der Waals surface area contributed by atoms with Gasteiger partial charge in [0, 0.05) is 11.5 Å². The van der Waals surface area contributed by atoms with Crippen molar-refractivity contribution >= 4 is 0 Å².